The molecule has 4 nitrogen and oxygen atoms in total. The molecule has 1 heterocycles. The van der Waals surface area contributed by atoms with Crippen LogP contribution in [0.3, 0.4) is 0 Å². The summed E-state index contributed by atoms with van der Waals surface area (Å²) >= 11 is 0. The normalized spacial score (nSPS) is 25.2. The third-order valence-electron chi connectivity index (χ3n) is 2.63. The van der Waals surface area contributed by atoms with Crippen LogP contribution in [0, 0.1) is 5.92 Å². The van der Waals surface area contributed by atoms with Gasteiger partial charge in [0.1, 0.15) is 11.7 Å². The first-order chi connectivity index (χ1) is 7.74. The van der Waals surface area contributed by atoms with Crippen LogP contribution in [0.25, 0.3) is 0 Å². The van der Waals surface area contributed by atoms with Crippen LogP contribution < -0.4 is 0 Å². The third kappa shape index (κ3) is 3.73. The Morgan fingerprint density at radius 1 is 1.53 bits per heavy atom. The Bertz CT molecular complexity index is 294. The second kappa shape index (κ2) is 5.08. The molecule has 0 bridgehead atoms. The average Bonchev–Trinajstić information content (AvgIpc) is 2.58. The maximum Gasteiger partial charge on any atom is 0.434 e. The summed E-state index contributed by atoms with van der Waals surface area (Å²) in [5.41, 5.74) is -0.506. The molecule has 0 aliphatic carbocycles. The lowest BCUT2D eigenvalue weighted by Crippen LogP contribution is -2.41. The van der Waals surface area contributed by atoms with E-state index >= 15 is 0 Å². The van der Waals surface area contributed by atoms with E-state index in [1.54, 1.807) is 6.08 Å². The van der Waals surface area contributed by atoms with Crippen molar-refractivity contribution in [2.45, 2.75) is 58.8 Å². The number of ether oxygens (including phenoxy) is 1. The summed E-state index contributed by atoms with van der Waals surface area (Å²) in [5.74, 6) is 0.326. The van der Waals surface area contributed by atoms with E-state index in [1.165, 1.54) is 5.06 Å². The summed E-state index contributed by atoms with van der Waals surface area (Å²) in [6.07, 6.45) is 1.98. The van der Waals surface area contributed by atoms with Gasteiger partial charge in [-0.25, -0.2) is 4.79 Å². The van der Waals surface area contributed by atoms with E-state index in [0.29, 0.717) is 5.92 Å². The van der Waals surface area contributed by atoms with E-state index in [1.807, 2.05) is 20.8 Å². The fraction of sp³-hybridized carbons (Fsp3) is 0.769. The van der Waals surface area contributed by atoms with Crippen molar-refractivity contribution >= 4 is 6.09 Å². The summed E-state index contributed by atoms with van der Waals surface area (Å²) in [6, 6.07) is 0.0489. The second-order valence-electron chi connectivity index (χ2n) is 5.73. The molecule has 1 aliphatic heterocycles. The average molecular weight is 241 g/mol. The Labute approximate surface area is 104 Å². The highest BCUT2D eigenvalue weighted by Crippen LogP contribution is 2.28. The minimum absolute atomic E-state index is 0.0489. The fourth-order valence-electron chi connectivity index (χ4n) is 1.77. The van der Waals surface area contributed by atoms with Gasteiger partial charge >= 0.3 is 6.09 Å². The maximum atomic E-state index is 12.0. The Morgan fingerprint density at radius 3 is 2.53 bits per heavy atom. The number of nitrogens with zero attached hydrogens (tertiary/aromatic N) is 1. The predicted octanol–water partition coefficient (Wildman–Crippen LogP) is 3.14. The lowest BCUT2D eigenvalue weighted by Gasteiger charge is -2.28. The van der Waals surface area contributed by atoms with Crippen molar-refractivity contribution in [3.63, 3.8) is 0 Å². The van der Waals surface area contributed by atoms with E-state index in [4.69, 9.17) is 9.57 Å². The molecule has 17 heavy (non-hydrogen) atoms. The van der Waals surface area contributed by atoms with Crippen molar-refractivity contribution in [3.05, 3.63) is 12.7 Å². The van der Waals surface area contributed by atoms with Gasteiger partial charge in [-0.3, -0.25) is 4.84 Å². The second-order valence-corrected chi connectivity index (χ2v) is 5.73. The first-order valence-corrected chi connectivity index (χ1v) is 6.06. The standard InChI is InChI=1S/C13H23NO3/c1-7-10-8-11(9(2)3)14(17-10)12(15)16-13(4,5)6/h7,9-11H,1,8H2,2-6H3. The zero-order valence-electron chi connectivity index (χ0n) is 11.4. The molecular weight excluding hydrogens is 218 g/mol. The van der Waals surface area contributed by atoms with Crippen LogP contribution in [0.1, 0.15) is 41.0 Å². The zero-order valence-corrected chi connectivity index (χ0v) is 11.4. The van der Waals surface area contributed by atoms with Crippen LogP contribution in [0.4, 0.5) is 4.79 Å². The van der Waals surface area contributed by atoms with E-state index in [9.17, 15) is 4.79 Å². The number of carbonyl (C=O) groups is 1. The summed E-state index contributed by atoms with van der Waals surface area (Å²) in [7, 11) is 0. The molecule has 98 valence electrons. The van der Waals surface area contributed by atoms with Gasteiger partial charge in [-0.15, -0.1) is 6.58 Å². The van der Waals surface area contributed by atoms with Gasteiger partial charge in [-0.2, -0.15) is 5.06 Å². The maximum absolute atomic E-state index is 12.0. The van der Waals surface area contributed by atoms with Crippen molar-refractivity contribution in [1.29, 1.82) is 0 Å². The lowest BCUT2D eigenvalue weighted by molar-refractivity contribution is -0.145. The zero-order chi connectivity index (χ0) is 13.2. The summed E-state index contributed by atoms with van der Waals surface area (Å²) in [4.78, 5) is 17.5. The van der Waals surface area contributed by atoms with Crippen LogP contribution >= 0.6 is 0 Å². The van der Waals surface area contributed by atoms with E-state index in [-0.39, 0.29) is 12.1 Å². The van der Waals surface area contributed by atoms with Gasteiger partial charge in [0, 0.05) is 6.42 Å². The number of hydrogen-bond acceptors (Lipinski definition) is 3. The quantitative estimate of drug-likeness (QED) is 0.697. The van der Waals surface area contributed by atoms with Gasteiger partial charge in [-0.05, 0) is 26.7 Å². The number of rotatable bonds is 2. The van der Waals surface area contributed by atoms with Gasteiger partial charge in [0.05, 0.1) is 6.04 Å². The topological polar surface area (TPSA) is 38.8 Å². The molecule has 1 fully saturated rings. The smallest absolute Gasteiger partial charge is 0.434 e. The highest BCUT2D eigenvalue weighted by molar-refractivity contribution is 5.67. The summed E-state index contributed by atoms with van der Waals surface area (Å²) < 4.78 is 5.32. The molecule has 2 unspecified atom stereocenters. The molecular formula is C13H23NO3. The molecule has 0 aromatic carbocycles. The number of carbonyl (C=O) groups excluding carboxylic acids is 1. The van der Waals surface area contributed by atoms with Crippen molar-refractivity contribution < 1.29 is 14.4 Å². The van der Waals surface area contributed by atoms with E-state index in [0.717, 1.165) is 6.42 Å². The van der Waals surface area contributed by atoms with Crippen molar-refractivity contribution in [2.75, 3.05) is 0 Å². The van der Waals surface area contributed by atoms with Crippen LogP contribution in [-0.2, 0) is 9.57 Å². The van der Waals surface area contributed by atoms with E-state index in [2.05, 4.69) is 20.4 Å². The molecule has 0 N–H and O–H groups in total. The molecule has 0 radical (unpaired) electrons. The first kappa shape index (κ1) is 14.0. The molecule has 0 aromatic rings. The van der Waals surface area contributed by atoms with Crippen molar-refractivity contribution in [2.24, 2.45) is 5.92 Å². The Kier molecular flexibility index (Phi) is 4.20. The fourth-order valence-corrected chi connectivity index (χ4v) is 1.77. The van der Waals surface area contributed by atoms with Gasteiger partial charge in [0.2, 0.25) is 0 Å². The molecule has 2 atom stereocenters. The number of hydroxylamine groups is 2. The highest BCUT2D eigenvalue weighted by atomic mass is 16.7. The first-order valence-electron chi connectivity index (χ1n) is 6.06. The number of hydrogen-bond donors (Lipinski definition) is 0. The van der Waals surface area contributed by atoms with Gasteiger partial charge < -0.3 is 4.74 Å². The van der Waals surface area contributed by atoms with Crippen LogP contribution in [0.2, 0.25) is 0 Å². The molecule has 1 rings (SSSR count). The largest absolute Gasteiger partial charge is 0.442 e. The minimum Gasteiger partial charge on any atom is -0.442 e. The van der Waals surface area contributed by atoms with Gasteiger partial charge in [0.25, 0.3) is 0 Å². The Balaban J connectivity index is 2.73. The Hall–Kier alpha value is -1.03. The molecule has 0 spiro atoms. The molecule has 1 saturated heterocycles. The minimum atomic E-state index is -0.506. The molecule has 0 saturated carbocycles. The SMILES string of the molecule is C=CC1CC(C(C)C)N(C(=O)OC(C)(C)C)O1. The van der Waals surface area contributed by atoms with Crippen LogP contribution in [-0.4, -0.2) is 28.9 Å². The lowest BCUT2D eigenvalue weighted by atomic mass is 9.99. The van der Waals surface area contributed by atoms with Crippen LogP contribution in [0.5, 0.6) is 0 Å². The molecule has 0 aromatic heterocycles. The van der Waals surface area contributed by atoms with E-state index < -0.39 is 11.7 Å². The summed E-state index contributed by atoms with van der Waals surface area (Å²) in [6.45, 7) is 13.4. The van der Waals surface area contributed by atoms with Crippen molar-refractivity contribution in [3.8, 4) is 0 Å². The van der Waals surface area contributed by atoms with Crippen LogP contribution in [0.15, 0.2) is 12.7 Å². The van der Waals surface area contributed by atoms with Gasteiger partial charge in [-0.1, -0.05) is 19.9 Å². The Morgan fingerprint density at radius 2 is 2.12 bits per heavy atom. The molecule has 4 heteroatoms. The molecule has 1 amide bonds. The van der Waals surface area contributed by atoms with Crippen molar-refractivity contribution in [1.82, 2.24) is 5.06 Å². The molecule has 1 aliphatic rings. The van der Waals surface area contributed by atoms with Gasteiger partial charge in [0.15, 0.2) is 0 Å². The number of amides is 1. The predicted molar refractivity (Wildman–Crippen MR) is 66.4 cm³/mol. The third-order valence-corrected chi connectivity index (χ3v) is 2.63. The highest BCUT2D eigenvalue weighted by Gasteiger charge is 2.39. The summed E-state index contributed by atoms with van der Waals surface area (Å²) in [5, 5.41) is 1.36. The monoisotopic (exact) mass is 241 g/mol.